The number of carboxylic acids is 1. The van der Waals surface area contributed by atoms with Crippen LogP contribution in [0.1, 0.15) is 5.56 Å². The molecule has 1 aromatic rings. The van der Waals surface area contributed by atoms with Crippen LogP contribution in [0.5, 0.6) is 0 Å². The minimum absolute atomic E-state index is 0.792. The zero-order chi connectivity index (χ0) is 9.68. The molecule has 0 aliphatic heterocycles. The van der Waals surface area contributed by atoms with Crippen LogP contribution in [-0.4, -0.2) is 26.8 Å². The third kappa shape index (κ3) is 3.34. The topological polar surface area (TPSA) is 54.4 Å². The Morgan fingerprint density at radius 3 is 2.38 bits per heavy atom. The van der Waals surface area contributed by atoms with Crippen LogP contribution in [0, 0.1) is 0 Å². The second kappa shape index (κ2) is 4.73. The molecule has 0 fully saturated rings. The third-order valence-electron chi connectivity index (χ3n) is 1.42. The number of hydrogen-bond acceptors (Lipinski definition) is 2. The third-order valence-corrected chi connectivity index (χ3v) is 2.48. The fourth-order valence-electron chi connectivity index (χ4n) is 0.814. The maximum absolute atomic E-state index is 10.5. The van der Waals surface area contributed by atoms with Crippen molar-refractivity contribution in [3.05, 3.63) is 35.9 Å². The Morgan fingerprint density at radius 2 is 1.92 bits per heavy atom. The van der Waals surface area contributed by atoms with Crippen LogP contribution in [-0.2, 0) is 8.53 Å². The van der Waals surface area contributed by atoms with Gasteiger partial charge in [-0.05, 0) is 0 Å². The number of rotatable bonds is 3. The van der Waals surface area contributed by atoms with Gasteiger partial charge in [-0.25, -0.2) is 0 Å². The average Bonchev–Trinajstić information content (AvgIpc) is 2.15. The van der Waals surface area contributed by atoms with E-state index in [2.05, 4.69) is 0 Å². The zero-order valence-corrected chi connectivity index (χ0v) is 8.55. The average molecular weight is 238 g/mol. The number of hydrogen-bond donors (Lipinski definition) is 1. The summed E-state index contributed by atoms with van der Waals surface area (Å²) in [5.74, 6) is -0.973. The van der Waals surface area contributed by atoms with Crippen molar-refractivity contribution in [3.63, 3.8) is 0 Å². The standard InChI is InChI=1S/C9H7AsO3/c11-9(12)6-3-7-1-4-8(10-13)5-2-7/h1-6H,(H,11,12). The van der Waals surface area contributed by atoms with Crippen molar-refractivity contribution in [1.82, 2.24) is 0 Å². The summed E-state index contributed by atoms with van der Waals surface area (Å²) in [7, 11) is 0. The molecule has 0 amide bonds. The van der Waals surface area contributed by atoms with Crippen LogP contribution in [0.15, 0.2) is 30.3 Å². The Morgan fingerprint density at radius 1 is 1.31 bits per heavy atom. The summed E-state index contributed by atoms with van der Waals surface area (Å²) in [6.45, 7) is 0. The zero-order valence-electron chi connectivity index (χ0n) is 6.68. The molecule has 0 spiro atoms. The van der Waals surface area contributed by atoms with Crippen molar-refractivity contribution in [3.8, 4) is 0 Å². The summed E-state index contributed by atoms with van der Waals surface area (Å²) in [6.07, 6.45) is 2.56. The Bertz CT molecular complexity index is 340. The molecule has 0 heterocycles. The van der Waals surface area contributed by atoms with Gasteiger partial charge in [0.15, 0.2) is 0 Å². The van der Waals surface area contributed by atoms with Gasteiger partial charge < -0.3 is 0 Å². The number of aliphatic carboxylic acids is 1. The van der Waals surface area contributed by atoms with Crippen molar-refractivity contribution in [2.75, 3.05) is 0 Å². The molecule has 1 N–H and O–H groups in total. The number of carbonyl (C=O) groups is 1. The molecule has 4 heteroatoms. The van der Waals surface area contributed by atoms with Crippen molar-refractivity contribution in [1.29, 1.82) is 0 Å². The van der Waals surface area contributed by atoms with Crippen LogP contribution >= 0.6 is 0 Å². The molecule has 0 aliphatic carbocycles. The first kappa shape index (κ1) is 9.87. The van der Waals surface area contributed by atoms with Crippen LogP contribution in [0.4, 0.5) is 0 Å². The second-order valence-electron chi connectivity index (χ2n) is 2.35. The SMILES string of the molecule is O=[As]c1ccc(C=CC(=O)O)cc1. The number of carboxylic acid groups (broad SMARTS) is 1. The van der Waals surface area contributed by atoms with Gasteiger partial charge in [0.25, 0.3) is 0 Å². The molecule has 0 bridgehead atoms. The van der Waals surface area contributed by atoms with Gasteiger partial charge >= 0.3 is 81.6 Å². The molecule has 66 valence electrons. The molecular formula is C9H7AsO3. The Balaban J connectivity index is 2.80. The molecular weight excluding hydrogens is 231 g/mol. The first-order valence-electron chi connectivity index (χ1n) is 3.57. The first-order valence-corrected chi connectivity index (χ1v) is 5.27. The van der Waals surface area contributed by atoms with Crippen LogP contribution in [0.2, 0.25) is 0 Å². The van der Waals surface area contributed by atoms with Gasteiger partial charge in [0, 0.05) is 0 Å². The molecule has 0 atom stereocenters. The fraction of sp³-hybridized carbons (Fsp3) is 0. The minimum atomic E-state index is -0.988. The van der Waals surface area contributed by atoms with Crippen molar-refractivity contribution >= 4 is 32.1 Å². The van der Waals surface area contributed by atoms with Crippen LogP contribution < -0.4 is 4.35 Å². The van der Waals surface area contributed by atoms with E-state index in [-0.39, 0.29) is 0 Å². The Labute approximate surface area is 82.0 Å². The van der Waals surface area contributed by atoms with E-state index in [0.717, 1.165) is 16.0 Å². The molecule has 0 saturated heterocycles. The van der Waals surface area contributed by atoms with E-state index in [1.165, 1.54) is 6.08 Å². The van der Waals surface area contributed by atoms with Gasteiger partial charge in [0.2, 0.25) is 0 Å². The van der Waals surface area contributed by atoms with Crippen molar-refractivity contribution in [2.45, 2.75) is 0 Å². The first-order chi connectivity index (χ1) is 6.22. The predicted octanol–water partition coefficient (Wildman–Crippen LogP) is 0.459. The molecule has 13 heavy (non-hydrogen) atoms. The van der Waals surface area contributed by atoms with E-state index in [0.29, 0.717) is 0 Å². The van der Waals surface area contributed by atoms with E-state index in [1.54, 1.807) is 24.3 Å². The van der Waals surface area contributed by atoms with E-state index in [1.807, 2.05) is 0 Å². The molecule has 0 saturated carbocycles. The van der Waals surface area contributed by atoms with Gasteiger partial charge in [0.05, 0.1) is 0 Å². The summed E-state index contributed by atoms with van der Waals surface area (Å²) in [5, 5.41) is 8.34. The molecule has 0 aliphatic rings. The summed E-state index contributed by atoms with van der Waals surface area (Å²) in [5.41, 5.74) is 0.792. The predicted molar refractivity (Wildman–Crippen MR) is 49.2 cm³/mol. The van der Waals surface area contributed by atoms with E-state index in [9.17, 15) is 8.53 Å². The second-order valence-corrected chi connectivity index (χ2v) is 3.82. The normalized spacial score (nSPS) is 10.8. The van der Waals surface area contributed by atoms with Gasteiger partial charge in [0.1, 0.15) is 0 Å². The summed E-state index contributed by atoms with van der Waals surface area (Å²) in [4.78, 5) is 10.2. The molecule has 0 unspecified atom stereocenters. The molecule has 1 aromatic carbocycles. The van der Waals surface area contributed by atoms with Gasteiger partial charge in [-0.15, -0.1) is 0 Å². The van der Waals surface area contributed by atoms with Gasteiger partial charge in [-0.1, -0.05) is 0 Å². The van der Waals surface area contributed by atoms with Crippen molar-refractivity contribution < 1.29 is 13.6 Å². The van der Waals surface area contributed by atoms with Crippen LogP contribution in [0.25, 0.3) is 6.08 Å². The summed E-state index contributed by atoms with van der Waals surface area (Å²) < 4.78 is 11.3. The van der Waals surface area contributed by atoms with Gasteiger partial charge in [-0.2, -0.15) is 0 Å². The molecule has 0 radical (unpaired) electrons. The Kier molecular flexibility index (Phi) is 3.59. The molecule has 1 rings (SSSR count). The van der Waals surface area contributed by atoms with E-state index >= 15 is 0 Å². The number of benzene rings is 1. The maximum atomic E-state index is 10.5. The summed E-state index contributed by atoms with van der Waals surface area (Å²) >= 11 is -0.988. The summed E-state index contributed by atoms with van der Waals surface area (Å²) in [6, 6.07) is 6.94. The monoisotopic (exact) mass is 238 g/mol. The van der Waals surface area contributed by atoms with Crippen molar-refractivity contribution in [2.24, 2.45) is 0 Å². The Hall–Kier alpha value is -1.21. The van der Waals surface area contributed by atoms with Crippen LogP contribution in [0.3, 0.4) is 0 Å². The molecule has 3 nitrogen and oxygen atoms in total. The molecule has 0 aromatic heterocycles. The quantitative estimate of drug-likeness (QED) is 0.614. The van der Waals surface area contributed by atoms with E-state index < -0.39 is 21.7 Å². The van der Waals surface area contributed by atoms with Gasteiger partial charge in [-0.3, -0.25) is 0 Å². The van der Waals surface area contributed by atoms with E-state index in [4.69, 9.17) is 5.11 Å². The fourth-order valence-corrected chi connectivity index (χ4v) is 1.38.